The Kier molecular flexibility index (Phi) is 3.01. The van der Waals surface area contributed by atoms with Gasteiger partial charge in [-0.05, 0) is 61.8 Å². The molecule has 0 heterocycles. The molecule has 4 heteroatoms. The fraction of sp³-hybridized carbons (Fsp3) is 0.467. The molecule has 0 aromatic heterocycles. The number of benzene rings is 1. The SMILES string of the molecule is O=C(O)c1ccc(C(=O)NC2CCC3CC3C2)cc1. The van der Waals surface area contributed by atoms with Gasteiger partial charge in [0.05, 0.1) is 5.56 Å². The number of carbonyl (C=O) groups excluding carboxylic acids is 1. The van der Waals surface area contributed by atoms with Gasteiger partial charge in [0.1, 0.15) is 0 Å². The first kappa shape index (κ1) is 12.2. The van der Waals surface area contributed by atoms with Crippen molar-refractivity contribution in [2.24, 2.45) is 11.8 Å². The van der Waals surface area contributed by atoms with E-state index in [4.69, 9.17) is 5.11 Å². The Bertz CT molecular complexity index is 509. The van der Waals surface area contributed by atoms with Crippen molar-refractivity contribution in [1.82, 2.24) is 5.32 Å². The van der Waals surface area contributed by atoms with Crippen molar-refractivity contribution in [3.8, 4) is 0 Å². The minimum Gasteiger partial charge on any atom is -0.478 e. The molecule has 0 saturated heterocycles. The van der Waals surface area contributed by atoms with Gasteiger partial charge in [0.15, 0.2) is 0 Å². The molecular weight excluding hydrogens is 242 g/mol. The fourth-order valence-corrected chi connectivity index (χ4v) is 3.02. The van der Waals surface area contributed by atoms with Crippen LogP contribution in [0.25, 0.3) is 0 Å². The number of hydrogen-bond donors (Lipinski definition) is 2. The molecule has 1 amide bonds. The predicted molar refractivity (Wildman–Crippen MR) is 70.1 cm³/mol. The van der Waals surface area contributed by atoms with Crippen LogP contribution in [0.1, 0.15) is 46.4 Å². The lowest BCUT2D eigenvalue weighted by Crippen LogP contribution is -2.36. The van der Waals surface area contributed by atoms with Gasteiger partial charge in [0.25, 0.3) is 5.91 Å². The van der Waals surface area contributed by atoms with E-state index in [1.54, 1.807) is 12.1 Å². The van der Waals surface area contributed by atoms with E-state index in [9.17, 15) is 9.59 Å². The van der Waals surface area contributed by atoms with E-state index >= 15 is 0 Å². The summed E-state index contributed by atoms with van der Waals surface area (Å²) in [5.41, 5.74) is 0.734. The average molecular weight is 259 g/mol. The van der Waals surface area contributed by atoms with Crippen molar-refractivity contribution in [2.45, 2.75) is 31.7 Å². The topological polar surface area (TPSA) is 66.4 Å². The number of fused-ring (bicyclic) bond motifs is 1. The van der Waals surface area contributed by atoms with Crippen LogP contribution in [0.4, 0.5) is 0 Å². The minimum atomic E-state index is -0.973. The lowest BCUT2D eigenvalue weighted by Gasteiger charge is -2.22. The van der Waals surface area contributed by atoms with E-state index in [0.29, 0.717) is 5.56 Å². The molecule has 2 N–H and O–H groups in total. The van der Waals surface area contributed by atoms with Gasteiger partial charge in [-0.1, -0.05) is 0 Å². The first-order chi connectivity index (χ1) is 9.13. The Morgan fingerprint density at radius 1 is 1.00 bits per heavy atom. The van der Waals surface area contributed by atoms with Crippen molar-refractivity contribution in [3.05, 3.63) is 35.4 Å². The molecule has 3 rings (SSSR count). The number of carbonyl (C=O) groups is 2. The lowest BCUT2D eigenvalue weighted by molar-refractivity contribution is 0.0696. The van der Waals surface area contributed by atoms with Crippen molar-refractivity contribution < 1.29 is 14.7 Å². The monoisotopic (exact) mass is 259 g/mol. The van der Waals surface area contributed by atoms with Gasteiger partial charge in [-0.2, -0.15) is 0 Å². The summed E-state index contributed by atoms with van der Waals surface area (Å²) in [5, 5.41) is 11.9. The molecule has 2 aliphatic rings. The molecule has 2 aliphatic carbocycles. The van der Waals surface area contributed by atoms with E-state index in [-0.39, 0.29) is 17.5 Å². The summed E-state index contributed by atoms with van der Waals surface area (Å²) in [4.78, 5) is 22.8. The van der Waals surface area contributed by atoms with Crippen LogP contribution in [0.2, 0.25) is 0 Å². The quantitative estimate of drug-likeness (QED) is 0.875. The van der Waals surface area contributed by atoms with E-state index in [1.807, 2.05) is 0 Å². The maximum absolute atomic E-state index is 12.1. The first-order valence-electron chi connectivity index (χ1n) is 6.77. The van der Waals surface area contributed by atoms with E-state index in [2.05, 4.69) is 5.32 Å². The summed E-state index contributed by atoms with van der Waals surface area (Å²) in [6.45, 7) is 0. The maximum Gasteiger partial charge on any atom is 0.335 e. The predicted octanol–water partition coefficient (Wildman–Crippen LogP) is 2.30. The molecular formula is C15H17NO3. The summed E-state index contributed by atoms with van der Waals surface area (Å²) in [6, 6.07) is 6.36. The van der Waals surface area contributed by atoms with Crippen LogP contribution in [0, 0.1) is 11.8 Å². The van der Waals surface area contributed by atoms with Gasteiger partial charge in [-0.25, -0.2) is 4.79 Å². The summed E-state index contributed by atoms with van der Waals surface area (Å²) in [7, 11) is 0. The third-order valence-electron chi connectivity index (χ3n) is 4.27. The van der Waals surface area contributed by atoms with Crippen LogP contribution in [0.5, 0.6) is 0 Å². The van der Waals surface area contributed by atoms with Gasteiger partial charge >= 0.3 is 5.97 Å². The zero-order chi connectivity index (χ0) is 13.4. The van der Waals surface area contributed by atoms with Crippen molar-refractivity contribution >= 4 is 11.9 Å². The summed E-state index contributed by atoms with van der Waals surface area (Å²) >= 11 is 0. The van der Waals surface area contributed by atoms with Crippen LogP contribution in [-0.2, 0) is 0 Å². The van der Waals surface area contributed by atoms with E-state index < -0.39 is 5.97 Å². The van der Waals surface area contributed by atoms with Crippen LogP contribution in [0.3, 0.4) is 0 Å². The highest BCUT2D eigenvalue weighted by Gasteiger charge is 2.42. The van der Waals surface area contributed by atoms with E-state index in [1.165, 1.54) is 25.0 Å². The Labute approximate surface area is 111 Å². The van der Waals surface area contributed by atoms with Gasteiger partial charge in [-0.15, -0.1) is 0 Å². The third-order valence-corrected chi connectivity index (χ3v) is 4.27. The second-order valence-corrected chi connectivity index (χ2v) is 5.62. The highest BCUT2D eigenvalue weighted by molar-refractivity contribution is 5.96. The molecule has 100 valence electrons. The average Bonchev–Trinajstić information content (AvgIpc) is 3.17. The smallest absolute Gasteiger partial charge is 0.335 e. The Morgan fingerprint density at radius 2 is 1.68 bits per heavy atom. The second kappa shape index (κ2) is 4.68. The molecule has 0 bridgehead atoms. The molecule has 3 unspecified atom stereocenters. The van der Waals surface area contributed by atoms with Crippen molar-refractivity contribution in [3.63, 3.8) is 0 Å². The Balaban J connectivity index is 1.61. The minimum absolute atomic E-state index is 0.0963. The molecule has 1 aromatic rings. The number of amides is 1. The maximum atomic E-state index is 12.1. The summed E-state index contributed by atoms with van der Waals surface area (Å²) in [6.07, 6.45) is 4.73. The summed E-state index contributed by atoms with van der Waals surface area (Å²) < 4.78 is 0. The van der Waals surface area contributed by atoms with Crippen molar-refractivity contribution in [2.75, 3.05) is 0 Å². The van der Waals surface area contributed by atoms with Crippen LogP contribution < -0.4 is 5.32 Å². The number of aromatic carboxylic acids is 1. The van der Waals surface area contributed by atoms with Crippen LogP contribution in [-0.4, -0.2) is 23.0 Å². The third kappa shape index (κ3) is 2.62. The number of carboxylic acid groups (broad SMARTS) is 1. The molecule has 2 saturated carbocycles. The highest BCUT2D eigenvalue weighted by Crippen LogP contribution is 2.49. The first-order valence-corrected chi connectivity index (χ1v) is 6.77. The number of carboxylic acids is 1. The molecule has 3 atom stereocenters. The highest BCUT2D eigenvalue weighted by atomic mass is 16.4. The van der Waals surface area contributed by atoms with Crippen LogP contribution in [0.15, 0.2) is 24.3 Å². The number of rotatable bonds is 3. The number of nitrogens with one attached hydrogen (secondary N) is 1. The van der Waals surface area contributed by atoms with Crippen LogP contribution >= 0.6 is 0 Å². The molecule has 0 aliphatic heterocycles. The zero-order valence-electron chi connectivity index (χ0n) is 10.6. The Hall–Kier alpha value is -1.84. The molecule has 2 fully saturated rings. The molecule has 0 radical (unpaired) electrons. The molecule has 0 spiro atoms. The fourth-order valence-electron chi connectivity index (χ4n) is 3.02. The standard InChI is InChI=1S/C15H17NO3/c17-14(9-1-3-10(4-2-9)15(18)19)16-13-6-5-11-7-12(11)8-13/h1-4,11-13H,5-8H2,(H,16,17)(H,18,19). The summed E-state index contributed by atoms with van der Waals surface area (Å²) in [5.74, 6) is 0.677. The molecule has 4 nitrogen and oxygen atoms in total. The van der Waals surface area contributed by atoms with Gasteiger partial charge in [-0.3, -0.25) is 4.79 Å². The van der Waals surface area contributed by atoms with Gasteiger partial charge < -0.3 is 10.4 Å². The number of hydrogen-bond acceptors (Lipinski definition) is 2. The largest absolute Gasteiger partial charge is 0.478 e. The van der Waals surface area contributed by atoms with Gasteiger partial charge in [0.2, 0.25) is 0 Å². The molecule has 1 aromatic carbocycles. The molecule has 19 heavy (non-hydrogen) atoms. The lowest BCUT2D eigenvalue weighted by atomic mass is 9.95. The normalized spacial score (nSPS) is 28.3. The van der Waals surface area contributed by atoms with Gasteiger partial charge in [0, 0.05) is 11.6 Å². The zero-order valence-corrected chi connectivity index (χ0v) is 10.6. The van der Waals surface area contributed by atoms with E-state index in [0.717, 1.165) is 24.7 Å². The Morgan fingerprint density at radius 3 is 2.32 bits per heavy atom. The second-order valence-electron chi connectivity index (χ2n) is 5.62. The van der Waals surface area contributed by atoms with Crippen molar-refractivity contribution in [1.29, 1.82) is 0 Å².